The van der Waals surface area contributed by atoms with Gasteiger partial charge in [0.1, 0.15) is 19.1 Å². The number of quaternary nitrogens is 1. The molecule has 0 aromatic heterocycles. The van der Waals surface area contributed by atoms with Crippen LogP contribution in [0.1, 0.15) is 39.5 Å². The lowest BCUT2D eigenvalue weighted by atomic mass is 10.2. The van der Waals surface area contributed by atoms with E-state index in [1.807, 2.05) is 0 Å². The van der Waals surface area contributed by atoms with Crippen LogP contribution in [-0.2, 0) is 0 Å². The molecular weight excluding hydrogens is 138 g/mol. The van der Waals surface area contributed by atoms with E-state index in [4.69, 9.17) is 0 Å². The Balaban J connectivity index is 2.52. The predicted molar refractivity (Wildman–Crippen MR) is 45.4 cm³/mol. The van der Waals surface area contributed by atoms with Gasteiger partial charge in [0.15, 0.2) is 0 Å². The largest absolute Gasteiger partial charge is 0.217 e. The molecular formula is C9H20NO+. The maximum absolute atomic E-state index is 10.1. The van der Waals surface area contributed by atoms with E-state index >= 15 is 0 Å². The van der Waals surface area contributed by atoms with Crippen molar-refractivity contribution in [1.29, 1.82) is 0 Å². The Morgan fingerprint density at radius 3 is 1.82 bits per heavy atom. The molecule has 0 aliphatic carbocycles. The highest BCUT2D eigenvalue weighted by Gasteiger charge is 2.30. The lowest BCUT2D eigenvalue weighted by molar-refractivity contribution is -1.12. The summed E-state index contributed by atoms with van der Waals surface area (Å²) < 4.78 is 0.306. The smallest absolute Gasteiger partial charge is 0.113 e. The molecule has 1 rings (SSSR count). The molecule has 0 unspecified atom stereocenters. The fourth-order valence-electron chi connectivity index (χ4n) is 1.75. The summed E-state index contributed by atoms with van der Waals surface area (Å²) in [5.74, 6) is 0. The minimum absolute atomic E-state index is 0.306. The third kappa shape index (κ3) is 2.17. The van der Waals surface area contributed by atoms with Crippen molar-refractivity contribution in [1.82, 2.24) is 0 Å². The van der Waals surface area contributed by atoms with E-state index in [1.54, 1.807) is 0 Å². The minimum atomic E-state index is 0.306. The second-order valence-corrected chi connectivity index (χ2v) is 3.94. The van der Waals surface area contributed by atoms with Crippen molar-refractivity contribution >= 4 is 0 Å². The Kier molecular flexibility index (Phi) is 2.90. The maximum Gasteiger partial charge on any atom is 0.113 e. The van der Waals surface area contributed by atoms with Crippen LogP contribution in [0.3, 0.4) is 0 Å². The molecule has 2 nitrogen and oxygen atoms in total. The molecule has 1 aliphatic heterocycles. The van der Waals surface area contributed by atoms with Crippen molar-refractivity contribution in [3.63, 3.8) is 0 Å². The highest BCUT2D eigenvalue weighted by molar-refractivity contribution is 4.51. The van der Waals surface area contributed by atoms with Crippen molar-refractivity contribution in [2.45, 2.75) is 45.6 Å². The van der Waals surface area contributed by atoms with Crippen LogP contribution in [0.4, 0.5) is 0 Å². The number of hydroxylamine groups is 3. The van der Waals surface area contributed by atoms with Gasteiger partial charge in [-0.2, -0.15) is 4.65 Å². The molecule has 1 heterocycles. The van der Waals surface area contributed by atoms with E-state index in [9.17, 15) is 5.21 Å². The van der Waals surface area contributed by atoms with Crippen molar-refractivity contribution in [3.8, 4) is 0 Å². The second kappa shape index (κ2) is 3.55. The predicted octanol–water partition coefficient (Wildman–Crippen LogP) is 2.17. The van der Waals surface area contributed by atoms with E-state index in [0.29, 0.717) is 10.7 Å². The van der Waals surface area contributed by atoms with Gasteiger partial charge in [0.2, 0.25) is 0 Å². The maximum atomic E-state index is 10.1. The molecule has 1 aliphatic rings. The Hall–Kier alpha value is -0.0800. The van der Waals surface area contributed by atoms with Gasteiger partial charge in [-0.3, -0.25) is 0 Å². The average molecular weight is 158 g/mol. The molecule has 0 saturated carbocycles. The van der Waals surface area contributed by atoms with Gasteiger partial charge >= 0.3 is 0 Å². The second-order valence-electron chi connectivity index (χ2n) is 3.94. The van der Waals surface area contributed by atoms with E-state index in [2.05, 4.69) is 13.8 Å². The Bertz CT molecular complexity index is 115. The van der Waals surface area contributed by atoms with Gasteiger partial charge in [0.25, 0.3) is 0 Å². The van der Waals surface area contributed by atoms with Crippen LogP contribution in [0, 0.1) is 0 Å². The Labute approximate surface area is 69.4 Å². The molecule has 0 spiro atoms. The van der Waals surface area contributed by atoms with Crippen LogP contribution in [0.25, 0.3) is 0 Å². The average Bonchev–Trinajstić information content (AvgIpc) is 2.15. The molecule has 0 atom stereocenters. The summed E-state index contributed by atoms with van der Waals surface area (Å²) in [6, 6.07) is 0.369. The first-order chi connectivity index (χ1) is 5.15. The quantitative estimate of drug-likeness (QED) is 0.580. The fourth-order valence-corrected chi connectivity index (χ4v) is 1.75. The number of rotatable bonds is 1. The van der Waals surface area contributed by atoms with Crippen LogP contribution in [0.2, 0.25) is 0 Å². The lowest BCUT2D eigenvalue weighted by Gasteiger charge is -2.32. The van der Waals surface area contributed by atoms with E-state index in [1.165, 1.54) is 25.7 Å². The number of hydrogen-bond donors (Lipinski definition) is 1. The van der Waals surface area contributed by atoms with Gasteiger partial charge in [-0.05, 0) is 39.5 Å². The zero-order chi connectivity index (χ0) is 8.32. The summed E-state index contributed by atoms with van der Waals surface area (Å²) in [5.41, 5.74) is 0. The SMILES string of the molecule is CC(C)[N+]1(O)CCCCCC1. The zero-order valence-corrected chi connectivity index (χ0v) is 7.71. The molecule has 0 bridgehead atoms. The first kappa shape index (κ1) is 9.01. The summed E-state index contributed by atoms with van der Waals surface area (Å²) in [6.07, 6.45) is 4.98. The van der Waals surface area contributed by atoms with E-state index < -0.39 is 0 Å². The van der Waals surface area contributed by atoms with Gasteiger partial charge in [0, 0.05) is 0 Å². The monoisotopic (exact) mass is 158 g/mol. The summed E-state index contributed by atoms with van der Waals surface area (Å²) in [4.78, 5) is 0. The van der Waals surface area contributed by atoms with Crippen molar-refractivity contribution in [2.24, 2.45) is 0 Å². The van der Waals surface area contributed by atoms with Crippen molar-refractivity contribution in [3.05, 3.63) is 0 Å². The molecule has 2 heteroatoms. The normalized spacial score (nSPS) is 25.1. The highest BCUT2D eigenvalue weighted by Crippen LogP contribution is 2.18. The highest BCUT2D eigenvalue weighted by atomic mass is 16.5. The number of likely N-dealkylation sites (tertiary alicyclic amines) is 1. The van der Waals surface area contributed by atoms with Crippen LogP contribution in [0.5, 0.6) is 0 Å². The van der Waals surface area contributed by atoms with E-state index in [0.717, 1.165) is 13.1 Å². The standard InChI is InChI=1S/C9H20NO/c1-9(2)10(11)7-5-3-4-6-8-10/h9,11H,3-8H2,1-2H3/q+1. The van der Waals surface area contributed by atoms with Crippen LogP contribution in [0.15, 0.2) is 0 Å². The molecule has 66 valence electrons. The molecule has 1 fully saturated rings. The summed E-state index contributed by atoms with van der Waals surface area (Å²) in [7, 11) is 0. The minimum Gasteiger partial charge on any atom is -0.217 e. The number of hydrogen-bond acceptors (Lipinski definition) is 1. The zero-order valence-electron chi connectivity index (χ0n) is 7.71. The van der Waals surface area contributed by atoms with Crippen molar-refractivity contribution < 1.29 is 9.85 Å². The van der Waals surface area contributed by atoms with Gasteiger partial charge in [-0.1, -0.05) is 0 Å². The molecule has 0 aromatic carbocycles. The third-order valence-electron chi connectivity index (χ3n) is 2.80. The van der Waals surface area contributed by atoms with Gasteiger partial charge < -0.3 is 0 Å². The third-order valence-corrected chi connectivity index (χ3v) is 2.80. The van der Waals surface area contributed by atoms with Crippen LogP contribution >= 0.6 is 0 Å². The first-order valence-electron chi connectivity index (χ1n) is 4.75. The van der Waals surface area contributed by atoms with Gasteiger partial charge in [0.05, 0.1) is 0 Å². The molecule has 0 aromatic rings. The molecule has 0 amide bonds. The van der Waals surface area contributed by atoms with Crippen LogP contribution in [-0.4, -0.2) is 29.0 Å². The molecule has 1 saturated heterocycles. The topological polar surface area (TPSA) is 20.2 Å². The summed E-state index contributed by atoms with van der Waals surface area (Å²) in [6.45, 7) is 6.12. The Morgan fingerprint density at radius 1 is 1.00 bits per heavy atom. The summed E-state index contributed by atoms with van der Waals surface area (Å²) in [5, 5.41) is 10.1. The Morgan fingerprint density at radius 2 is 1.45 bits per heavy atom. The van der Waals surface area contributed by atoms with E-state index in [-0.39, 0.29) is 0 Å². The lowest BCUT2D eigenvalue weighted by Crippen LogP contribution is -2.50. The summed E-state index contributed by atoms with van der Waals surface area (Å²) >= 11 is 0. The van der Waals surface area contributed by atoms with Gasteiger partial charge in [-0.25, -0.2) is 5.21 Å². The van der Waals surface area contributed by atoms with Gasteiger partial charge in [-0.15, -0.1) is 0 Å². The molecule has 11 heavy (non-hydrogen) atoms. The first-order valence-corrected chi connectivity index (χ1v) is 4.75. The fraction of sp³-hybridized carbons (Fsp3) is 1.00. The van der Waals surface area contributed by atoms with Crippen LogP contribution < -0.4 is 0 Å². The molecule has 0 radical (unpaired) electrons. The molecule has 1 N–H and O–H groups in total. The number of nitrogens with zero attached hydrogens (tertiary/aromatic N) is 1. The van der Waals surface area contributed by atoms with Crippen molar-refractivity contribution in [2.75, 3.05) is 13.1 Å².